The first kappa shape index (κ1) is 33.5. The first-order valence-corrected chi connectivity index (χ1v) is 19.5. The lowest BCUT2D eigenvalue weighted by Crippen LogP contribution is -2.08. The number of benzene rings is 7. The van der Waals surface area contributed by atoms with Crippen molar-refractivity contribution in [3.63, 3.8) is 0 Å². The summed E-state index contributed by atoms with van der Waals surface area (Å²) in [4.78, 5) is 4.24. The van der Waals surface area contributed by atoms with E-state index >= 15 is 0 Å². The third-order valence-corrected chi connectivity index (χ3v) is 11.3. The Balaban J connectivity index is 1.11. The lowest BCUT2D eigenvalue weighted by Gasteiger charge is -2.19. The van der Waals surface area contributed by atoms with Gasteiger partial charge in [-0.1, -0.05) is 133 Å². The maximum absolute atomic E-state index is 4.24. The average molecular weight is 717 g/mol. The highest BCUT2D eigenvalue weighted by molar-refractivity contribution is 6.14. The van der Waals surface area contributed by atoms with Crippen molar-refractivity contribution in [3.05, 3.63) is 223 Å². The molecule has 56 heavy (non-hydrogen) atoms. The molecule has 2 heterocycles. The van der Waals surface area contributed by atoms with Gasteiger partial charge in [0.05, 0.1) is 0 Å². The molecule has 2 aliphatic rings. The summed E-state index contributed by atoms with van der Waals surface area (Å²) < 4.78 is 0. The van der Waals surface area contributed by atoms with E-state index in [0.29, 0.717) is 5.92 Å². The molecule has 1 aliphatic carbocycles. The molecule has 2 nitrogen and oxygen atoms in total. The monoisotopic (exact) mass is 716 g/mol. The summed E-state index contributed by atoms with van der Waals surface area (Å²) in [6, 6.07) is 58.4. The predicted molar refractivity (Wildman–Crippen MR) is 237 cm³/mol. The van der Waals surface area contributed by atoms with Crippen LogP contribution in [0.3, 0.4) is 0 Å². The summed E-state index contributed by atoms with van der Waals surface area (Å²) in [5, 5.41) is 8.34. The van der Waals surface area contributed by atoms with Gasteiger partial charge in [0.25, 0.3) is 0 Å². The fraction of sp³-hybridized carbons (Fsp3) is 0.0556. The van der Waals surface area contributed by atoms with Crippen LogP contribution in [0.25, 0.3) is 77.2 Å². The minimum absolute atomic E-state index is 0.291. The summed E-state index contributed by atoms with van der Waals surface area (Å²) in [7, 11) is 0. The van der Waals surface area contributed by atoms with E-state index in [1.807, 2.05) is 18.6 Å². The Morgan fingerprint density at radius 2 is 1.09 bits per heavy atom. The Bertz CT molecular complexity index is 2890. The van der Waals surface area contributed by atoms with Gasteiger partial charge < -0.3 is 5.32 Å². The lowest BCUT2D eigenvalue weighted by molar-refractivity contribution is 0.857. The molecule has 0 saturated heterocycles. The fourth-order valence-electron chi connectivity index (χ4n) is 8.43. The zero-order valence-electron chi connectivity index (χ0n) is 31.1. The summed E-state index contributed by atoms with van der Waals surface area (Å²) in [5.41, 5.74) is 15.9. The third-order valence-electron chi connectivity index (χ3n) is 11.3. The normalized spacial score (nSPS) is 15.0. The molecule has 10 rings (SSSR count). The van der Waals surface area contributed by atoms with Gasteiger partial charge in [0, 0.05) is 24.9 Å². The predicted octanol–water partition coefficient (Wildman–Crippen LogP) is 13.7. The number of nitrogens with one attached hydrogen (secondary N) is 1. The van der Waals surface area contributed by atoms with Gasteiger partial charge in [0.1, 0.15) is 0 Å². The molecule has 1 aliphatic heterocycles. The van der Waals surface area contributed by atoms with E-state index in [1.54, 1.807) is 0 Å². The summed E-state index contributed by atoms with van der Waals surface area (Å²) >= 11 is 0. The zero-order valence-corrected chi connectivity index (χ0v) is 31.1. The van der Waals surface area contributed by atoms with E-state index in [4.69, 9.17) is 0 Å². The van der Waals surface area contributed by atoms with Crippen molar-refractivity contribution in [1.82, 2.24) is 10.3 Å². The minimum atomic E-state index is 0.291. The van der Waals surface area contributed by atoms with Crippen molar-refractivity contribution in [1.29, 1.82) is 0 Å². The van der Waals surface area contributed by atoms with Crippen LogP contribution in [0, 0.1) is 0 Å². The summed E-state index contributed by atoms with van der Waals surface area (Å²) in [6.45, 7) is 0.848. The standard InChI is InChI=1S/C54H40N2/c1-2-18-51-47(9-1)36-54(53-20-4-3-19-52(51)53)50-34-48(45-16-7-14-43(31-45)41-12-5-10-39(29-41)37-21-25-55-26-22-37)33-49(35-50)46-17-8-15-44(32-46)42-13-6-11-40(30-42)38-23-27-56-28-24-38/h1-12,14-25,27-36,42,55H,13,26H2. The molecule has 0 bridgehead atoms. The van der Waals surface area contributed by atoms with E-state index < -0.39 is 0 Å². The first-order chi connectivity index (χ1) is 27.7. The van der Waals surface area contributed by atoms with Crippen LogP contribution in [0.15, 0.2) is 207 Å². The van der Waals surface area contributed by atoms with Gasteiger partial charge in [0.15, 0.2) is 0 Å². The van der Waals surface area contributed by atoms with Gasteiger partial charge in [-0.05, 0) is 161 Å². The maximum atomic E-state index is 4.24. The van der Waals surface area contributed by atoms with Crippen LogP contribution in [-0.4, -0.2) is 11.5 Å². The highest BCUT2D eigenvalue weighted by Gasteiger charge is 2.16. The fourth-order valence-corrected chi connectivity index (χ4v) is 8.43. The quantitative estimate of drug-likeness (QED) is 0.166. The molecule has 1 atom stereocenters. The topological polar surface area (TPSA) is 24.9 Å². The SMILES string of the molecule is C1=CC(c2ccncc2)=CC(c2cccc(-c3cc(-c4cccc(-c5cccc(C6=CCNC=C6)c5)c4)cc(-c4cc5ccccc5c5ccccc45)c3)c2)C1. The molecule has 0 radical (unpaired) electrons. The third kappa shape index (κ3) is 6.56. The molecule has 2 heteroatoms. The molecule has 0 amide bonds. The van der Waals surface area contributed by atoms with E-state index in [1.165, 1.54) is 93.9 Å². The minimum Gasteiger partial charge on any atom is -0.387 e. The highest BCUT2D eigenvalue weighted by Crippen LogP contribution is 2.41. The summed E-state index contributed by atoms with van der Waals surface area (Å²) in [5.74, 6) is 0.291. The Hall–Kier alpha value is -7.03. The molecule has 1 aromatic heterocycles. The first-order valence-electron chi connectivity index (χ1n) is 19.5. The maximum Gasteiger partial charge on any atom is 0.0334 e. The van der Waals surface area contributed by atoms with Crippen molar-refractivity contribution >= 4 is 32.7 Å². The van der Waals surface area contributed by atoms with Crippen molar-refractivity contribution in [2.45, 2.75) is 12.3 Å². The second-order valence-electron chi connectivity index (χ2n) is 14.8. The van der Waals surface area contributed by atoms with Crippen LogP contribution < -0.4 is 5.32 Å². The van der Waals surface area contributed by atoms with E-state index in [0.717, 1.165) is 13.0 Å². The average Bonchev–Trinajstić information content (AvgIpc) is 3.29. The molecular formula is C54H40N2. The molecule has 266 valence electrons. The van der Waals surface area contributed by atoms with E-state index in [2.05, 4.69) is 198 Å². The molecule has 0 saturated carbocycles. The molecule has 1 unspecified atom stereocenters. The zero-order chi connectivity index (χ0) is 37.3. The number of rotatable bonds is 7. The van der Waals surface area contributed by atoms with E-state index in [9.17, 15) is 0 Å². The van der Waals surface area contributed by atoms with Gasteiger partial charge in [-0.15, -0.1) is 0 Å². The Morgan fingerprint density at radius 3 is 1.86 bits per heavy atom. The smallest absolute Gasteiger partial charge is 0.0334 e. The van der Waals surface area contributed by atoms with Gasteiger partial charge in [-0.25, -0.2) is 0 Å². The Morgan fingerprint density at radius 1 is 0.464 bits per heavy atom. The van der Waals surface area contributed by atoms with Gasteiger partial charge in [0.2, 0.25) is 0 Å². The number of fused-ring (bicyclic) bond motifs is 3. The number of hydrogen-bond acceptors (Lipinski definition) is 2. The van der Waals surface area contributed by atoms with Crippen LogP contribution in [0.5, 0.6) is 0 Å². The van der Waals surface area contributed by atoms with Crippen molar-refractivity contribution in [2.75, 3.05) is 6.54 Å². The van der Waals surface area contributed by atoms with Gasteiger partial charge >= 0.3 is 0 Å². The molecule has 0 spiro atoms. The number of allylic oxidation sites excluding steroid dienone is 6. The molecule has 7 aromatic carbocycles. The van der Waals surface area contributed by atoms with Crippen molar-refractivity contribution in [3.8, 4) is 44.5 Å². The second-order valence-corrected chi connectivity index (χ2v) is 14.8. The van der Waals surface area contributed by atoms with Crippen LogP contribution in [-0.2, 0) is 0 Å². The number of dihydropyridines is 1. The number of nitrogens with zero attached hydrogens (tertiary/aromatic N) is 1. The highest BCUT2D eigenvalue weighted by atomic mass is 14.8. The van der Waals surface area contributed by atoms with Gasteiger partial charge in [-0.3, -0.25) is 4.98 Å². The molecule has 8 aromatic rings. The van der Waals surface area contributed by atoms with Crippen LogP contribution in [0.2, 0.25) is 0 Å². The van der Waals surface area contributed by atoms with Crippen LogP contribution in [0.4, 0.5) is 0 Å². The molecular weight excluding hydrogens is 677 g/mol. The molecule has 0 fully saturated rings. The van der Waals surface area contributed by atoms with E-state index in [-0.39, 0.29) is 0 Å². The Kier molecular flexibility index (Phi) is 8.78. The van der Waals surface area contributed by atoms with Gasteiger partial charge in [-0.2, -0.15) is 0 Å². The van der Waals surface area contributed by atoms with Crippen molar-refractivity contribution < 1.29 is 0 Å². The lowest BCUT2D eigenvalue weighted by atomic mass is 9.85. The second kappa shape index (κ2) is 14.7. The van der Waals surface area contributed by atoms with Crippen LogP contribution >= 0.6 is 0 Å². The van der Waals surface area contributed by atoms with Crippen molar-refractivity contribution in [2.24, 2.45) is 0 Å². The number of aromatic nitrogens is 1. The van der Waals surface area contributed by atoms with Crippen LogP contribution in [0.1, 0.15) is 29.0 Å². The largest absolute Gasteiger partial charge is 0.387 e. The number of pyridine rings is 1. The number of hydrogen-bond donors (Lipinski definition) is 1. The molecule has 1 N–H and O–H groups in total. The summed E-state index contributed by atoms with van der Waals surface area (Å²) in [6.07, 6.45) is 18.1. The Labute approximate surface area is 328 Å².